The lowest BCUT2D eigenvalue weighted by Crippen LogP contribution is -2.28. The van der Waals surface area contributed by atoms with Crippen LogP contribution in [-0.4, -0.2) is 47.1 Å². The molecule has 1 fully saturated rings. The number of amides is 1. The average molecular weight is 326 g/mol. The number of hydrogen-bond acceptors (Lipinski definition) is 4. The fraction of sp³-hybridized carbons (Fsp3) is 0.278. The van der Waals surface area contributed by atoms with Crippen molar-refractivity contribution in [2.24, 2.45) is 0 Å². The predicted molar refractivity (Wildman–Crippen MR) is 87.5 cm³/mol. The van der Waals surface area contributed by atoms with Crippen LogP contribution >= 0.6 is 0 Å². The number of ether oxygens (including phenoxy) is 1. The molecule has 1 amide bonds. The Morgan fingerprint density at radius 3 is 2.54 bits per heavy atom. The highest BCUT2D eigenvalue weighted by Crippen LogP contribution is 2.29. The predicted octanol–water partition coefficient (Wildman–Crippen LogP) is 2.42. The summed E-state index contributed by atoms with van der Waals surface area (Å²) < 4.78 is 5.16. The Labute approximate surface area is 139 Å². The summed E-state index contributed by atoms with van der Waals surface area (Å²) in [6.07, 6.45) is 2.23. The summed E-state index contributed by atoms with van der Waals surface area (Å²) in [6.45, 7) is 1.32. The van der Waals surface area contributed by atoms with Gasteiger partial charge in [-0.3, -0.25) is 4.79 Å². The zero-order valence-electron chi connectivity index (χ0n) is 13.3. The molecule has 6 nitrogen and oxygen atoms in total. The zero-order chi connectivity index (χ0) is 17.1. The summed E-state index contributed by atoms with van der Waals surface area (Å²) in [5.74, 6) is -0.106. The second-order valence-corrected chi connectivity index (χ2v) is 5.75. The molecule has 1 aromatic carbocycles. The molecule has 0 bridgehead atoms. The van der Waals surface area contributed by atoms with E-state index in [0.29, 0.717) is 24.6 Å². The maximum atomic E-state index is 12.5. The zero-order valence-corrected chi connectivity index (χ0v) is 13.3. The molecule has 24 heavy (non-hydrogen) atoms. The second kappa shape index (κ2) is 6.70. The number of methoxy groups -OCH3 is 1. The lowest BCUT2D eigenvalue weighted by molar-refractivity contribution is 0.0688. The molecular formula is C18H18N2O4. The number of benzene rings is 1. The number of nitrogens with zero attached hydrogens (tertiary/aromatic N) is 2. The lowest BCUT2D eigenvalue weighted by atomic mass is 9.98. The van der Waals surface area contributed by atoms with Crippen LogP contribution in [0.2, 0.25) is 0 Å². The quantitative estimate of drug-likeness (QED) is 0.933. The molecule has 0 spiro atoms. The molecule has 1 aromatic heterocycles. The molecule has 1 unspecified atom stereocenters. The third-order valence-corrected chi connectivity index (χ3v) is 4.29. The van der Waals surface area contributed by atoms with Crippen LogP contribution in [0.5, 0.6) is 5.75 Å². The van der Waals surface area contributed by atoms with E-state index in [4.69, 9.17) is 9.84 Å². The van der Waals surface area contributed by atoms with Crippen LogP contribution in [0.15, 0.2) is 42.6 Å². The molecule has 1 saturated heterocycles. The Kier molecular flexibility index (Phi) is 4.46. The molecular weight excluding hydrogens is 308 g/mol. The summed E-state index contributed by atoms with van der Waals surface area (Å²) in [4.78, 5) is 28.9. The molecule has 3 rings (SSSR count). The van der Waals surface area contributed by atoms with Gasteiger partial charge in [-0.15, -0.1) is 0 Å². The minimum atomic E-state index is -1.10. The number of carboxylic acids is 1. The number of carboxylic acid groups (broad SMARTS) is 1. The summed E-state index contributed by atoms with van der Waals surface area (Å²) in [5.41, 5.74) is 1.53. The molecule has 1 atom stereocenters. The van der Waals surface area contributed by atoms with E-state index in [1.54, 1.807) is 12.0 Å². The normalized spacial score (nSPS) is 16.9. The summed E-state index contributed by atoms with van der Waals surface area (Å²) in [7, 11) is 1.63. The molecule has 1 aliphatic rings. The molecule has 0 saturated carbocycles. The molecule has 2 heterocycles. The van der Waals surface area contributed by atoms with Crippen LogP contribution in [0.1, 0.15) is 38.7 Å². The lowest BCUT2D eigenvalue weighted by Gasteiger charge is -2.17. The van der Waals surface area contributed by atoms with Crippen molar-refractivity contribution >= 4 is 11.9 Å². The Morgan fingerprint density at radius 2 is 1.96 bits per heavy atom. The fourth-order valence-electron chi connectivity index (χ4n) is 2.92. The van der Waals surface area contributed by atoms with Gasteiger partial charge in [0.05, 0.1) is 12.7 Å². The van der Waals surface area contributed by atoms with Gasteiger partial charge in [0.25, 0.3) is 5.91 Å². The van der Waals surface area contributed by atoms with Gasteiger partial charge in [0.1, 0.15) is 11.4 Å². The summed E-state index contributed by atoms with van der Waals surface area (Å²) >= 11 is 0. The highest BCUT2D eigenvalue weighted by atomic mass is 16.5. The fourth-order valence-corrected chi connectivity index (χ4v) is 2.92. The van der Waals surface area contributed by atoms with Gasteiger partial charge in [0, 0.05) is 25.2 Å². The minimum Gasteiger partial charge on any atom is -0.497 e. The molecule has 0 radical (unpaired) electrons. The van der Waals surface area contributed by atoms with Gasteiger partial charge in [0.2, 0.25) is 0 Å². The smallest absolute Gasteiger partial charge is 0.354 e. The van der Waals surface area contributed by atoms with E-state index in [-0.39, 0.29) is 11.6 Å². The SMILES string of the molecule is COc1ccc(C2CCN(C(=O)c3ccc(C(=O)O)nc3)C2)cc1. The first-order chi connectivity index (χ1) is 11.6. The largest absolute Gasteiger partial charge is 0.497 e. The first-order valence-electron chi connectivity index (χ1n) is 7.71. The first-order valence-corrected chi connectivity index (χ1v) is 7.71. The van der Waals surface area contributed by atoms with Gasteiger partial charge in [-0.05, 0) is 36.2 Å². The Morgan fingerprint density at radius 1 is 1.21 bits per heavy atom. The molecule has 1 aliphatic heterocycles. The van der Waals surface area contributed by atoms with Gasteiger partial charge in [-0.1, -0.05) is 12.1 Å². The number of hydrogen-bond donors (Lipinski definition) is 1. The van der Waals surface area contributed by atoms with Crippen LogP contribution in [0.25, 0.3) is 0 Å². The molecule has 0 aliphatic carbocycles. The number of likely N-dealkylation sites (tertiary alicyclic amines) is 1. The molecule has 124 valence electrons. The van der Waals surface area contributed by atoms with E-state index in [2.05, 4.69) is 4.98 Å². The topological polar surface area (TPSA) is 79.7 Å². The first kappa shape index (κ1) is 16.0. The maximum absolute atomic E-state index is 12.5. The van der Waals surface area contributed by atoms with Gasteiger partial charge >= 0.3 is 5.97 Å². The molecule has 6 heteroatoms. The van der Waals surface area contributed by atoms with Crippen molar-refractivity contribution in [2.75, 3.05) is 20.2 Å². The number of aromatic carboxylic acids is 1. The Hall–Kier alpha value is -2.89. The van der Waals surface area contributed by atoms with E-state index in [1.807, 2.05) is 24.3 Å². The number of pyridine rings is 1. The monoisotopic (exact) mass is 326 g/mol. The molecule has 1 N–H and O–H groups in total. The second-order valence-electron chi connectivity index (χ2n) is 5.75. The highest BCUT2D eigenvalue weighted by Gasteiger charge is 2.28. The van der Waals surface area contributed by atoms with Crippen molar-refractivity contribution < 1.29 is 19.4 Å². The van der Waals surface area contributed by atoms with Crippen molar-refractivity contribution in [3.8, 4) is 5.75 Å². The van der Waals surface area contributed by atoms with Gasteiger partial charge in [-0.2, -0.15) is 0 Å². The van der Waals surface area contributed by atoms with Crippen LogP contribution in [0, 0.1) is 0 Å². The van der Waals surface area contributed by atoms with Crippen molar-refractivity contribution in [2.45, 2.75) is 12.3 Å². The van der Waals surface area contributed by atoms with Crippen LogP contribution < -0.4 is 4.74 Å². The summed E-state index contributed by atoms with van der Waals surface area (Å²) in [5, 5.41) is 8.86. The maximum Gasteiger partial charge on any atom is 0.354 e. The van der Waals surface area contributed by atoms with Crippen molar-refractivity contribution in [1.82, 2.24) is 9.88 Å². The standard InChI is InChI=1S/C18H18N2O4/c1-24-15-5-2-12(3-6-15)14-8-9-20(11-14)17(21)13-4-7-16(18(22)23)19-10-13/h2-7,10,14H,8-9,11H2,1H3,(H,22,23). The van der Waals surface area contributed by atoms with Gasteiger partial charge in [0.15, 0.2) is 0 Å². The third kappa shape index (κ3) is 3.22. The van der Waals surface area contributed by atoms with Crippen molar-refractivity contribution in [3.63, 3.8) is 0 Å². The van der Waals surface area contributed by atoms with Crippen LogP contribution in [-0.2, 0) is 0 Å². The van der Waals surface area contributed by atoms with Crippen LogP contribution in [0.3, 0.4) is 0 Å². The average Bonchev–Trinajstić information content (AvgIpc) is 3.11. The highest BCUT2D eigenvalue weighted by molar-refractivity contribution is 5.95. The molecule has 2 aromatic rings. The number of carbonyl (C=O) groups excluding carboxylic acids is 1. The number of carbonyl (C=O) groups is 2. The van der Waals surface area contributed by atoms with E-state index < -0.39 is 5.97 Å². The van der Waals surface area contributed by atoms with E-state index in [1.165, 1.54) is 23.9 Å². The number of aromatic nitrogens is 1. The third-order valence-electron chi connectivity index (χ3n) is 4.29. The van der Waals surface area contributed by atoms with E-state index in [9.17, 15) is 9.59 Å². The minimum absolute atomic E-state index is 0.0657. The van der Waals surface area contributed by atoms with Gasteiger partial charge < -0.3 is 14.7 Å². The Bertz CT molecular complexity index is 741. The van der Waals surface area contributed by atoms with Crippen LogP contribution in [0.4, 0.5) is 0 Å². The van der Waals surface area contributed by atoms with E-state index >= 15 is 0 Å². The van der Waals surface area contributed by atoms with E-state index in [0.717, 1.165) is 12.2 Å². The van der Waals surface area contributed by atoms with Crippen molar-refractivity contribution in [3.05, 3.63) is 59.4 Å². The summed E-state index contributed by atoms with van der Waals surface area (Å²) in [6, 6.07) is 10.8. The van der Waals surface area contributed by atoms with Crippen molar-refractivity contribution in [1.29, 1.82) is 0 Å². The Balaban J connectivity index is 1.67. The van der Waals surface area contributed by atoms with Gasteiger partial charge in [-0.25, -0.2) is 9.78 Å². The number of rotatable bonds is 4.